The molecule has 0 saturated heterocycles. The molecular weight excluding hydrogens is 323 g/mol. The molecule has 1 heterocycles. The van der Waals surface area contributed by atoms with Gasteiger partial charge in [-0.3, -0.25) is 9.59 Å². The molecule has 2 aromatic rings. The van der Waals surface area contributed by atoms with Gasteiger partial charge >= 0.3 is 0 Å². The van der Waals surface area contributed by atoms with Crippen molar-refractivity contribution < 1.29 is 18.4 Å². The summed E-state index contributed by atoms with van der Waals surface area (Å²) in [6, 6.07) is 9.52. The molecule has 5 nitrogen and oxygen atoms in total. The van der Waals surface area contributed by atoms with E-state index in [0.29, 0.717) is 0 Å². The van der Waals surface area contributed by atoms with E-state index < -0.39 is 5.54 Å². The van der Waals surface area contributed by atoms with Crippen LogP contribution < -0.4 is 10.6 Å². The van der Waals surface area contributed by atoms with Crippen molar-refractivity contribution in [2.45, 2.75) is 37.6 Å². The number of nitrogens with one attached hydrogen (secondary N) is 2. The Labute approximate surface area is 145 Å². The highest BCUT2D eigenvalue weighted by Gasteiger charge is 2.36. The summed E-state index contributed by atoms with van der Waals surface area (Å²) in [5.41, 5.74) is 0.495. The number of hydrogen-bond acceptors (Lipinski definition) is 3. The maximum Gasteiger partial charge on any atom is 0.286 e. The molecular formula is C19H21FN2O3. The van der Waals surface area contributed by atoms with Crippen molar-refractivity contribution in [2.24, 2.45) is 0 Å². The predicted molar refractivity (Wildman–Crippen MR) is 90.3 cm³/mol. The van der Waals surface area contributed by atoms with Gasteiger partial charge in [-0.05, 0) is 42.7 Å². The molecule has 3 rings (SSSR count). The van der Waals surface area contributed by atoms with E-state index in [1.54, 1.807) is 24.3 Å². The van der Waals surface area contributed by atoms with Crippen LogP contribution in [0.2, 0.25) is 0 Å². The first-order chi connectivity index (χ1) is 12.1. The third-order valence-electron chi connectivity index (χ3n) is 4.62. The number of amides is 2. The molecule has 1 aromatic carbocycles. The molecule has 0 aliphatic heterocycles. The van der Waals surface area contributed by atoms with E-state index in [2.05, 4.69) is 10.6 Å². The molecule has 0 atom stereocenters. The van der Waals surface area contributed by atoms with Crippen molar-refractivity contribution in [1.29, 1.82) is 0 Å². The van der Waals surface area contributed by atoms with E-state index >= 15 is 0 Å². The first-order valence-corrected chi connectivity index (χ1v) is 8.48. The fraction of sp³-hybridized carbons (Fsp3) is 0.368. The topological polar surface area (TPSA) is 71.3 Å². The lowest BCUT2D eigenvalue weighted by molar-refractivity contribution is -0.123. The minimum absolute atomic E-state index is 0.133. The summed E-state index contributed by atoms with van der Waals surface area (Å²) in [6.07, 6.45) is 5.32. The number of carbonyl (C=O) groups excluding carboxylic acids is 2. The summed E-state index contributed by atoms with van der Waals surface area (Å²) in [4.78, 5) is 24.1. The molecule has 0 spiro atoms. The summed E-state index contributed by atoms with van der Waals surface area (Å²) in [6.45, 7) is 0.227. The van der Waals surface area contributed by atoms with Gasteiger partial charge in [0, 0.05) is 13.0 Å². The number of halogens is 1. The van der Waals surface area contributed by atoms with E-state index in [0.717, 1.165) is 31.2 Å². The van der Waals surface area contributed by atoms with Crippen LogP contribution in [-0.2, 0) is 10.3 Å². The fourth-order valence-electron chi connectivity index (χ4n) is 3.35. The molecule has 25 heavy (non-hydrogen) atoms. The van der Waals surface area contributed by atoms with E-state index in [9.17, 15) is 14.0 Å². The first kappa shape index (κ1) is 17.2. The zero-order chi connectivity index (χ0) is 17.7. The van der Waals surface area contributed by atoms with Gasteiger partial charge in [-0.1, -0.05) is 25.0 Å². The van der Waals surface area contributed by atoms with Crippen LogP contribution in [0.1, 0.15) is 48.2 Å². The highest BCUT2D eigenvalue weighted by Crippen LogP contribution is 2.38. The van der Waals surface area contributed by atoms with Crippen molar-refractivity contribution in [3.05, 3.63) is 59.8 Å². The lowest BCUT2D eigenvalue weighted by atomic mass is 9.88. The maximum absolute atomic E-state index is 13.2. The minimum Gasteiger partial charge on any atom is -0.459 e. The third-order valence-corrected chi connectivity index (χ3v) is 4.62. The molecule has 1 fully saturated rings. The van der Waals surface area contributed by atoms with Gasteiger partial charge in [0.25, 0.3) is 5.91 Å². The van der Waals surface area contributed by atoms with Crippen LogP contribution in [-0.4, -0.2) is 18.4 Å². The summed E-state index contributed by atoms with van der Waals surface area (Å²) < 4.78 is 18.2. The molecule has 1 aliphatic rings. The predicted octanol–water partition coefficient (Wildman–Crippen LogP) is 3.12. The van der Waals surface area contributed by atoms with Gasteiger partial charge in [0.05, 0.1) is 11.8 Å². The van der Waals surface area contributed by atoms with Crippen molar-refractivity contribution in [2.75, 3.05) is 6.54 Å². The molecule has 1 aromatic heterocycles. The van der Waals surface area contributed by atoms with Gasteiger partial charge < -0.3 is 15.1 Å². The number of benzene rings is 1. The average molecular weight is 344 g/mol. The summed E-state index contributed by atoms with van der Waals surface area (Å²) in [5.74, 6) is -0.541. The second-order valence-corrected chi connectivity index (χ2v) is 6.33. The second-order valence-electron chi connectivity index (χ2n) is 6.33. The van der Waals surface area contributed by atoms with Gasteiger partial charge in [0.2, 0.25) is 5.91 Å². The third kappa shape index (κ3) is 4.07. The molecule has 2 amide bonds. The Kier molecular flexibility index (Phi) is 5.16. The molecule has 1 aliphatic carbocycles. The van der Waals surface area contributed by atoms with Crippen molar-refractivity contribution >= 4 is 11.8 Å². The second kappa shape index (κ2) is 7.51. The van der Waals surface area contributed by atoms with Crippen LogP contribution in [0.5, 0.6) is 0 Å². The Balaban J connectivity index is 1.56. The first-order valence-electron chi connectivity index (χ1n) is 8.48. The van der Waals surface area contributed by atoms with Crippen LogP contribution in [0.25, 0.3) is 0 Å². The standard InChI is InChI=1S/C19H21FN2O3/c20-15-7-5-14(6-8-15)19(10-1-2-11-19)22-17(23)9-12-21-18(24)16-4-3-13-25-16/h3-8,13H,1-2,9-12H2,(H,21,24)(H,22,23). The summed E-state index contributed by atoms with van der Waals surface area (Å²) >= 11 is 0. The molecule has 2 N–H and O–H groups in total. The van der Waals surface area contributed by atoms with E-state index in [4.69, 9.17) is 4.42 Å². The zero-order valence-corrected chi connectivity index (χ0v) is 13.9. The molecule has 1 saturated carbocycles. The largest absolute Gasteiger partial charge is 0.459 e. The smallest absolute Gasteiger partial charge is 0.286 e. The highest BCUT2D eigenvalue weighted by atomic mass is 19.1. The summed E-state index contributed by atoms with van der Waals surface area (Å²) in [5, 5.41) is 5.76. The fourth-order valence-corrected chi connectivity index (χ4v) is 3.35. The van der Waals surface area contributed by atoms with Crippen LogP contribution in [0.4, 0.5) is 4.39 Å². The molecule has 6 heteroatoms. The Morgan fingerprint density at radius 2 is 1.84 bits per heavy atom. The molecule has 0 unspecified atom stereocenters. The Morgan fingerprint density at radius 1 is 1.12 bits per heavy atom. The normalized spacial score (nSPS) is 15.7. The minimum atomic E-state index is -0.435. The number of rotatable bonds is 6. The van der Waals surface area contributed by atoms with Gasteiger partial charge in [-0.15, -0.1) is 0 Å². The van der Waals surface area contributed by atoms with Gasteiger partial charge in [0.15, 0.2) is 5.76 Å². The maximum atomic E-state index is 13.2. The zero-order valence-electron chi connectivity index (χ0n) is 13.9. The van der Waals surface area contributed by atoms with Crippen LogP contribution >= 0.6 is 0 Å². The number of carbonyl (C=O) groups is 2. The van der Waals surface area contributed by atoms with Crippen molar-refractivity contribution in [3.8, 4) is 0 Å². The van der Waals surface area contributed by atoms with Crippen LogP contribution in [0.3, 0.4) is 0 Å². The highest BCUT2D eigenvalue weighted by molar-refractivity contribution is 5.91. The van der Waals surface area contributed by atoms with Gasteiger partial charge in [0.1, 0.15) is 5.82 Å². The lowest BCUT2D eigenvalue weighted by Gasteiger charge is -2.31. The van der Waals surface area contributed by atoms with E-state index in [1.807, 2.05) is 0 Å². The summed E-state index contributed by atoms with van der Waals surface area (Å²) in [7, 11) is 0. The van der Waals surface area contributed by atoms with Crippen LogP contribution in [0, 0.1) is 5.82 Å². The molecule has 132 valence electrons. The van der Waals surface area contributed by atoms with Gasteiger partial charge in [-0.25, -0.2) is 4.39 Å². The average Bonchev–Trinajstić information content (AvgIpc) is 3.27. The lowest BCUT2D eigenvalue weighted by Crippen LogP contribution is -2.44. The number of furan rings is 1. The Hall–Kier alpha value is -2.63. The Morgan fingerprint density at radius 3 is 2.48 bits per heavy atom. The van der Waals surface area contributed by atoms with Crippen molar-refractivity contribution in [3.63, 3.8) is 0 Å². The Bertz CT molecular complexity index is 720. The van der Waals surface area contributed by atoms with Crippen LogP contribution in [0.15, 0.2) is 47.1 Å². The SMILES string of the molecule is O=C(CCNC(=O)c1ccco1)NC1(c2ccc(F)cc2)CCCC1. The molecule has 0 radical (unpaired) electrons. The van der Waals surface area contributed by atoms with Gasteiger partial charge in [-0.2, -0.15) is 0 Å². The molecule has 0 bridgehead atoms. The van der Waals surface area contributed by atoms with E-state index in [-0.39, 0.29) is 36.4 Å². The van der Waals surface area contributed by atoms with Crippen molar-refractivity contribution in [1.82, 2.24) is 10.6 Å². The number of hydrogen-bond donors (Lipinski definition) is 2. The quantitative estimate of drug-likeness (QED) is 0.846. The van der Waals surface area contributed by atoms with E-state index in [1.165, 1.54) is 18.4 Å². The monoisotopic (exact) mass is 344 g/mol.